The molecule has 1 aliphatic heterocycles. The lowest BCUT2D eigenvalue weighted by atomic mass is 10.3. The highest BCUT2D eigenvalue weighted by Gasteiger charge is 2.37. The first kappa shape index (κ1) is 9.83. The predicted molar refractivity (Wildman–Crippen MR) is 42.8 cm³/mol. The first-order valence-corrected chi connectivity index (χ1v) is 4.06. The maximum atomic E-state index is 12.6. The Kier molecular flexibility index (Phi) is 2.98. The number of nitrogens with two attached hydrogens (primary N) is 1. The van der Waals surface area contributed by atoms with E-state index in [-0.39, 0.29) is 13.0 Å². The van der Waals surface area contributed by atoms with Crippen LogP contribution >= 0.6 is 0 Å². The molecule has 1 aliphatic rings. The quantitative estimate of drug-likeness (QED) is 0.494. The van der Waals surface area contributed by atoms with Gasteiger partial charge in [-0.1, -0.05) is 0 Å². The molecule has 1 heterocycles. The number of hydrogen-bond acceptors (Lipinski definition) is 3. The Balaban J connectivity index is 2.20. The van der Waals surface area contributed by atoms with E-state index in [0.29, 0.717) is 19.6 Å². The fourth-order valence-corrected chi connectivity index (χ4v) is 1.30. The highest BCUT2D eigenvalue weighted by atomic mass is 19.3. The molecule has 0 saturated carbocycles. The molecule has 0 spiro atoms. The van der Waals surface area contributed by atoms with E-state index in [9.17, 15) is 8.78 Å². The van der Waals surface area contributed by atoms with Gasteiger partial charge in [0.25, 0.3) is 5.92 Å². The van der Waals surface area contributed by atoms with Gasteiger partial charge in [0, 0.05) is 33.1 Å². The summed E-state index contributed by atoms with van der Waals surface area (Å²) in [7, 11) is 1.73. The van der Waals surface area contributed by atoms with Gasteiger partial charge in [-0.15, -0.1) is 0 Å². The van der Waals surface area contributed by atoms with E-state index in [0.717, 1.165) is 0 Å². The van der Waals surface area contributed by atoms with Gasteiger partial charge in [0.05, 0.1) is 6.54 Å². The van der Waals surface area contributed by atoms with Crippen molar-refractivity contribution in [2.75, 3.05) is 33.2 Å². The normalized spacial score (nSPS) is 23.8. The van der Waals surface area contributed by atoms with E-state index >= 15 is 0 Å². The molecule has 0 atom stereocenters. The largest absolute Gasteiger partial charge is 0.296 e. The molecule has 3 nitrogen and oxygen atoms in total. The van der Waals surface area contributed by atoms with E-state index in [2.05, 4.69) is 0 Å². The number of hydrogen-bond donors (Lipinski definition) is 1. The number of nitrogens with zero attached hydrogens (tertiary/aromatic N) is 2. The summed E-state index contributed by atoms with van der Waals surface area (Å²) in [6, 6.07) is 0. The van der Waals surface area contributed by atoms with Crippen LogP contribution in [0.3, 0.4) is 0 Å². The average molecular weight is 179 g/mol. The number of rotatable bonds is 3. The lowest BCUT2D eigenvalue weighted by Crippen LogP contribution is -2.36. The summed E-state index contributed by atoms with van der Waals surface area (Å²) in [4.78, 5) is 1.74. The summed E-state index contributed by atoms with van der Waals surface area (Å²) in [5.74, 6) is 2.88. The Morgan fingerprint density at radius 3 is 2.67 bits per heavy atom. The van der Waals surface area contributed by atoms with Crippen LogP contribution in [0.15, 0.2) is 0 Å². The molecule has 0 radical (unpaired) electrons. The average Bonchev–Trinajstić information content (AvgIpc) is 2.26. The van der Waals surface area contributed by atoms with Crippen molar-refractivity contribution < 1.29 is 8.78 Å². The molecule has 0 unspecified atom stereocenters. The van der Waals surface area contributed by atoms with Crippen molar-refractivity contribution in [2.45, 2.75) is 12.3 Å². The zero-order valence-electron chi connectivity index (χ0n) is 7.26. The van der Waals surface area contributed by atoms with Crippen LogP contribution in [-0.4, -0.2) is 49.1 Å². The van der Waals surface area contributed by atoms with E-state index in [1.54, 1.807) is 11.9 Å². The fourth-order valence-electron chi connectivity index (χ4n) is 1.30. The van der Waals surface area contributed by atoms with Crippen molar-refractivity contribution in [2.24, 2.45) is 5.84 Å². The highest BCUT2D eigenvalue weighted by Crippen LogP contribution is 2.26. The molecular formula is C7H15F2N3. The SMILES string of the molecule is CN(N)CCN1CCC(F)(F)C1. The third kappa shape index (κ3) is 3.00. The van der Waals surface area contributed by atoms with Crippen LogP contribution in [0.1, 0.15) is 6.42 Å². The monoisotopic (exact) mass is 179 g/mol. The van der Waals surface area contributed by atoms with Gasteiger partial charge in [-0.05, 0) is 0 Å². The second-order valence-electron chi connectivity index (χ2n) is 3.36. The van der Waals surface area contributed by atoms with Crippen molar-refractivity contribution in [1.29, 1.82) is 0 Å². The molecular weight excluding hydrogens is 164 g/mol. The molecule has 0 aromatic carbocycles. The highest BCUT2D eigenvalue weighted by molar-refractivity contribution is 4.81. The lowest BCUT2D eigenvalue weighted by molar-refractivity contribution is 0.0116. The van der Waals surface area contributed by atoms with Gasteiger partial charge in [0.1, 0.15) is 0 Å². The zero-order valence-corrected chi connectivity index (χ0v) is 7.26. The maximum absolute atomic E-state index is 12.6. The van der Waals surface area contributed by atoms with Crippen molar-refractivity contribution in [3.05, 3.63) is 0 Å². The summed E-state index contributed by atoms with van der Waals surface area (Å²) < 4.78 is 25.3. The van der Waals surface area contributed by atoms with E-state index in [4.69, 9.17) is 5.84 Å². The van der Waals surface area contributed by atoms with Crippen molar-refractivity contribution >= 4 is 0 Å². The fraction of sp³-hybridized carbons (Fsp3) is 1.00. The minimum atomic E-state index is -2.48. The first-order chi connectivity index (χ1) is 5.49. The molecule has 0 aromatic heterocycles. The minimum absolute atomic E-state index is 0.0126. The van der Waals surface area contributed by atoms with E-state index < -0.39 is 5.92 Å². The molecule has 2 N–H and O–H groups in total. The standard InChI is InChI=1S/C7H15F2N3/c1-11(10)4-5-12-3-2-7(8,9)6-12/h2-6,10H2,1H3. The molecule has 1 fully saturated rings. The lowest BCUT2D eigenvalue weighted by Gasteiger charge is -2.17. The Bertz CT molecular complexity index is 150. The van der Waals surface area contributed by atoms with Crippen LogP contribution in [0.25, 0.3) is 0 Å². The number of hydrazine groups is 1. The second-order valence-corrected chi connectivity index (χ2v) is 3.36. The topological polar surface area (TPSA) is 32.5 Å². The first-order valence-electron chi connectivity index (χ1n) is 4.06. The van der Waals surface area contributed by atoms with Gasteiger partial charge in [-0.25, -0.2) is 13.8 Å². The molecule has 1 rings (SSSR count). The summed E-state index contributed by atoms with van der Waals surface area (Å²) in [6.45, 7) is 1.64. The Morgan fingerprint density at radius 1 is 1.58 bits per heavy atom. The van der Waals surface area contributed by atoms with Crippen LogP contribution in [-0.2, 0) is 0 Å². The van der Waals surface area contributed by atoms with Crippen LogP contribution < -0.4 is 5.84 Å². The van der Waals surface area contributed by atoms with Gasteiger partial charge in [-0.2, -0.15) is 0 Å². The van der Waals surface area contributed by atoms with Crippen LogP contribution in [0.5, 0.6) is 0 Å². The molecule has 5 heteroatoms. The third-order valence-corrected chi connectivity index (χ3v) is 2.02. The summed E-state index contributed by atoms with van der Waals surface area (Å²) in [5, 5.41) is 1.51. The van der Waals surface area contributed by atoms with Crippen molar-refractivity contribution in [1.82, 2.24) is 9.91 Å². The molecule has 0 aromatic rings. The Hall–Kier alpha value is -0.260. The number of halogens is 2. The van der Waals surface area contributed by atoms with Gasteiger partial charge >= 0.3 is 0 Å². The van der Waals surface area contributed by atoms with Crippen LogP contribution in [0.2, 0.25) is 0 Å². The number of likely N-dealkylation sites (N-methyl/N-ethyl adjacent to an activating group) is 1. The molecule has 0 aliphatic carbocycles. The Labute approximate surface area is 71.1 Å². The third-order valence-electron chi connectivity index (χ3n) is 2.02. The summed E-state index contributed by atoms with van der Waals surface area (Å²) in [6.07, 6.45) is -0.0126. The van der Waals surface area contributed by atoms with Gasteiger partial charge in [0.15, 0.2) is 0 Å². The smallest absolute Gasteiger partial charge is 0.261 e. The van der Waals surface area contributed by atoms with Gasteiger partial charge in [-0.3, -0.25) is 10.7 Å². The molecule has 0 bridgehead atoms. The summed E-state index contributed by atoms with van der Waals surface area (Å²) >= 11 is 0. The van der Waals surface area contributed by atoms with E-state index in [1.807, 2.05) is 0 Å². The molecule has 72 valence electrons. The van der Waals surface area contributed by atoms with Gasteiger partial charge in [0.2, 0.25) is 0 Å². The molecule has 0 amide bonds. The molecule has 1 saturated heterocycles. The number of alkyl halides is 2. The second kappa shape index (κ2) is 3.64. The minimum Gasteiger partial charge on any atom is -0.296 e. The summed E-state index contributed by atoms with van der Waals surface area (Å²) in [5.41, 5.74) is 0. The molecule has 12 heavy (non-hydrogen) atoms. The van der Waals surface area contributed by atoms with Crippen molar-refractivity contribution in [3.63, 3.8) is 0 Å². The Morgan fingerprint density at radius 2 is 2.25 bits per heavy atom. The van der Waals surface area contributed by atoms with Gasteiger partial charge < -0.3 is 0 Å². The van der Waals surface area contributed by atoms with Crippen molar-refractivity contribution in [3.8, 4) is 0 Å². The van der Waals surface area contributed by atoms with E-state index in [1.165, 1.54) is 5.01 Å². The predicted octanol–water partition coefficient (Wildman–Crippen LogP) is 0.133. The van der Waals surface area contributed by atoms with Crippen LogP contribution in [0.4, 0.5) is 8.78 Å². The zero-order chi connectivity index (χ0) is 9.19. The maximum Gasteiger partial charge on any atom is 0.261 e. The van der Waals surface area contributed by atoms with Crippen LogP contribution in [0, 0.1) is 0 Å². The number of likely N-dealkylation sites (tertiary alicyclic amines) is 1.